The van der Waals surface area contributed by atoms with Crippen molar-refractivity contribution in [3.63, 3.8) is 0 Å². The molecule has 1 unspecified atom stereocenters. The Hall–Kier alpha value is -2.58. The molecule has 0 aromatic carbocycles. The first-order valence-corrected chi connectivity index (χ1v) is 10.7. The summed E-state index contributed by atoms with van der Waals surface area (Å²) in [6.45, 7) is 6.28. The minimum atomic E-state index is -0.546. The third-order valence-electron chi connectivity index (χ3n) is 5.13. The number of aliphatic hydroxyl groups is 1. The molecule has 0 radical (unpaired) electrons. The van der Waals surface area contributed by atoms with Crippen LogP contribution in [0.4, 0.5) is 0 Å². The fraction of sp³-hybridized carbons (Fsp3) is 0.429. The molecule has 8 heteroatoms. The van der Waals surface area contributed by atoms with Gasteiger partial charge in [-0.15, -0.1) is 11.3 Å². The maximum Gasteiger partial charge on any atom is 0.254 e. The number of aryl methyl sites for hydroxylation is 2. The van der Waals surface area contributed by atoms with Crippen LogP contribution in [0.3, 0.4) is 0 Å². The normalized spacial score (nSPS) is 14.8. The molecule has 1 fully saturated rings. The summed E-state index contributed by atoms with van der Waals surface area (Å²) in [5.74, 6) is 0.540. The number of thiophene rings is 1. The molecule has 152 valence electrons. The van der Waals surface area contributed by atoms with Crippen molar-refractivity contribution in [1.29, 1.82) is 0 Å². The van der Waals surface area contributed by atoms with Crippen LogP contribution in [-0.2, 0) is 0 Å². The molecular weight excluding hydrogens is 386 g/mol. The van der Waals surface area contributed by atoms with E-state index in [2.05, 4.69) is 35.3 Å². The average Bonchev–Trinajstić information content (AvgIpc) is 3.37. The number of rotatable bonds is 7. The molecule has 0 saturated heterocycles. The zero-order chi connectivity index (χ0) is 20.5. The minimum Gasteiger partial charge on any atom is -0.391 e. The molecule has 3 aromatic heterocycles. The molecule has 1 aliphatic rings. The number of carbonyl (C=O) groups is 1. The summed E-state index contributed by atoms with van der Waals surface area (Å²) in [6.07, 6.45) is 5.41. The van der Waals surface area contributed by atoms with Crippen molar-refractivity contribution < 1.29 is 9.90 Å². The van der Waals surface area contributed by atoms with E-state index in [0.29, 0.717) is 17.9 Å². The molecule has 3 heterocycles. The fourth-order valence-electron chi connectivity index (χ4n) is 3.38. The zero-order valence-electron chi connectivity index (χ0n) is 16.8. The van der Waals surface area contributed by atoms with E-state index in [4.69, 9.17) is 4.98 Å². The van der Waals surface area contributed by atoms with E-state index in [1.807, 2.05) is 13.0 Å². The van der Waals surface area contributed by atoms with E-state index in [1.165, 1.54) is 9.75 Å². The van der Waals surface area contributed by atoms with Gasteiger partial charge in [-0.1, -0.05) is 6.92 Å². The fourth-order valence-corrected chi connectivity index (χ4v) is 4.31. The first-order valence-electron chi connectivity index (χ1n) is 9.93. The van der Waals surface area contributed by atoms with E-state index in [9.17, 15) is 9.90 Å². The van der Waals surface area contributed by atoms with Crippen molar-refractivity contribution in [3.05, 3.63) is 45.5 Å². The number of aromatic nitrogens is 4. The highest BCUT2D eigenvalue weighted by molar-refractivity contribution is 7.12. The van der Waals surface area contributed by atoms with Gasteiger partial charge in [0.1, 0.15) is 0 Å². The first-order chi connectivity index (χ1) is 14.0. The lowest BCUT2D eigenvalue weighted by molar-refractivity contribution is 0.0913. The van der Waals surface area contributed by atoms with Crippen LogP contribution in [-0.4, -0.2) is 43.4 Å². The predicted molar refractivity (Wildman–Crippen MR) is 113 cm³/mol. The molecule has 7 nitrogen and oxygen atoms in total. The number of nitrogens with one attached hydrogen (secondary N) is 1. The van der Waals surface area contributed by atoms with Crippen LogP contribution in [0, 0.1) is 13.8 Å². The van der Waals surface area contributed by atoms with E-state index in [0.717, 1.165) is 29.8 Å². The maximum atomic E-state index is 12.7. The van der Waals surface area contributed by atoms with E-state index in [-0.39, 0.29) is 18.4 Å². The van der Waals surface area contributed by atoms with Crippen molar-refractivity contribution in [2.24, 2.45) is 0 Å². The average molecular weight is 412 g/mol. The van der Waals surface area contributed by atoms with Gasteiger partial charge in [0.2, 0.25) is 0 Å². The molecule has 4 rings (SSSR count). The van der Waals surface area contributed by atoms with Gasteiger partial charge in [0.25, 0.3) is 11.9 Å². The van der Waals surface area contributed by atoms with Gasteiger partial charge >= 0.3 is 0 Å². The lowest BCUT2D eigenvalue weighted by Crippen LogP contribution is -2.32. The van der Waals surface area contributed by atoms with E-state index < -0.39 is 6.10 Å². The van der Waals surface area contributed by atoms with Gasteiger partial charge < -0.3 is 10.4 Å². The summed E-state index contributed by atoms with van der Waals surface area (Å²) in [5, 5.41) is 17.0. The van der Waals surface area contributed by atoms with Crippen LogP contribution < -0.4 is 5.32 Å². The number of carbonyl (C=O) groups excluding carboxylic acids is 1. The van der Waals surface area contributed by atoms with Crippen LogP contribution >= 0.6 is 11.3 Å². The van der Waals surface area contributed by atoms with Crippen molar-refractivity contribution in [2.75, 3.05) is 6.54 Å². The summed E-state index contributed by atoms with van der Waals surface area (Å²) < 4.78 is 1.70. The molecule has 1 atom stereocenters. The minimum absolute atomic E-state index is 0.217. The number of hydrogen-bond acceptors (Lipinski definition) is 6. The van der Waals surface area contributed by atoms with Crippen LogP contribution in [0.5, 0.6) is 0 Å². The number of aliphatic hydroxyl groups excluding tert-OH is 1. The van der Waals surface area contributed by atoms with Gasteiger partial charge in [-0.05, 0) is 45.2 Å². The third-order valence-corrected chi connectivity index (χ3v) is 6.10. The van der Waals surface area contributed by atoms with Crippen molar-refractivity contribution in [3.8, 4) is 17.2 Å². The van der Waals surface area contributed by atoms with E-state index >= 15 is 0 Å². The summed E-state index contributed by atoms with van der Waals surface area (Å²) in [7, 11) is 0. The molecule has 1 amide bonds. The summed E-state index contributed by atoms with van der Waals surface area (Å²) in [4.78, 5) is 24.3. The Kier molecular flexibility index (Phi) is 5.47. The monoisotopic (exact) mass is 411 g/mol. The first kappa shape index (κ1) is 19.7. The van der Waals surface area contributed by atoms with Crippen LogP contribution in [0.25, 0.3) is 17.2 Å². The SMILES string of the molecule is CCC(O)CNC(=O)c1cnn(-c2nccc(-c3cc(C)sc3C)n2)c1C1CC1. The van der Waals surface area contributed by atoms with Crippen molar-refractivity contribution >= 4 is 17.2 Å². The highest BCUT2D eigenvalue weighted by atomic mass is 32.1. The van der Waals surface area contributed by atoms with Gasteiger partial charge in [-0.3, -0.25) is 4.79 Å². The highest BCUT2D eigenvalue weighted by Gasteiger charge is 2.33. The Morgan fingerprint density at radius 1 is 1.41 bits per heavy atom. The summed E-state index contributed by atoms with van der Waals surface area (Å²) in [6, 6.07) is 4.03. The largest absolute Gasteiger partial charge is 0.391 e. The summed E-state index contributed by atoms with van der Waals surface area (Å²) >= 11 is 1.75. The Bertz CT molecular complexity index is 1040. The Morgan fingerprint density at radius 3 is 2.86 bits per heavy atom. The van der Waals surface area contributed by atoms with Gasteiger partial charge in [0.15, 0.2) is 0 Å². The van der Waals surface area contributed by atoms with Crippen LogP contribution in [0.2, 0.25) is 0 Å². The van der Waals surface area contributed by atoms with E-state index in [1.54, 1.807) is 28.4 Å². The number of amides is 1. The Labute approximate surface area is 173 Å². The quantitative estimate of drug-likeness (QED) is 0.622. The molecule has 1 aliphatic carbocycles. The molecule has 3 aromatic rings. The van der Waals surface area contributed by atoms with Crippen molar-refractivity contribution in [1.82, 2.24) is 25.1 Å². The Balaban J connectivity index is 1.67. The van der Waals surface area contributed by atoms with Gasteiger partial charge in [-0.25, -0.2) is 14.6 Å². The summed E-state index contributed by atoms with van der Waals surface area (Å²) in [5.41, 5.74) is 3.34. The molecule has 29 heavy (non-hydrogen) atoms. The second-order valence-electron chi connectivity index (χ2n) is 7.47. The molecule has 0 spiro atoms. The second-order valence-corrected chi connectivity index (χ2v) is 8.93. The van der Waals surface area contributed by atoms with Gasteiger partial charge in [0.05, 0.1) is 29.3 Å². The molecule has 0 aliphatic heterocycles. The molecular formula is C21H25N5O2S. The second kappa shape index (κ2) is 8.04. The predicted octanol–water partition coefficient (Wildman–Crippen LogP) is 3.39. The van der Waals surface area contributed by atoms with Crippen molar-refractivity contribution in [2.45, 2.75) is 52.1 Å². The topological polar surface area (TPSA) is 92.9 Å². The third kappa shape index (κ3) is 4.09. The zero-order valence-corrected chi connectivity index (χ0v) is 17.7. The van der Waals surface area contributed by atoms with Gasteiger partial charge in [0, 0.05) is 34.0 Å². The Morgan fingerprint density at radius 2 is 2.21 bits per heavy atom. The molecule has 2 N–H and O–H groups in total. The van der Waals surface area contributed by atoms with Crippen LogP contribution in [0.1, 0.15) is 57.9 Å². The number of hydrogen-bond donors (Lipinski definition) is 2. The lowest BCUT2D eigenvalue weighted by atomic mass is 10.1. The maximum absolute atomic E-state index is 12.7. The lowest BCUT2D eigenvalue weighted by Gasteiger charge is -2.11. The highest BCUT2D eigenvalue weighted by Crippen LogP contribution is 2.42. The molecule has 0 bridgehead atoms. The molecule has 1 saturated carbocycles. The standard InChI is InChI=1S/C21H25N5O2S/c1-4-15(27)10-23-20(28)17-11-24-26(19(17)14-5-6-14)21-22-8-7-18(25-21)16-9-12(2)29-13(16)3/h7-9,11,14-15,27H,4-6,10H2,1-3H3,(H,23,28). The number of nitrogens with zero attached hydrogens (tertiary/aromatic N) is 4. The van der Waals surface area contributed by atoms with Crippen LogP contribution in [0.15, 0.2) is 24.5 Å². The van der Waals surface area contributed by atoms with Gasteiger partial charge in [-0.2, -0.15) is 5.10 Å². The smallest absolute Gasteiger partial charge is 0.254 e.